The first-order valence-corrected chi connectivity index (χ1v) is 15.9. The number of rotatable bonds is 17. The number of nitrogens with one attached hydrogen (secondary N) is 3. The van der Waals surface area contributed by atoms with Crippen LogP contribution in [0, 0.1) is 0 Å². The average molecular weight is 636 g/mol. The van der Waals surface area contributed by atoms with E-state index in [1.807, 2.05) is 36.6 Å². The van der Waals surface area contributed by atoms with Crippen molar-refractivity contribution in [2.75, 3.05) is 30.5 Å². The highest BCUT2D eigenvalue weighted by Crippen LogP contribution is 2.22. The number of amides is 4. The molecule has 0 unspecified atom stereocenters. The summed E-state index contributed by atoms with van der Waals surface area (Å²) < 4.78 is 0. The predicted molar refractivity (Wildman–Crippen MR) is 176 cm³/mol. The first-order chi connectivity index (χ1) is 21.7. The van der Waals surface area contributed by atoms with Crippen molar-refractivity contribution in [1.82, 2.24) is 16.0 Å². The number of benzene rings is 3. The van der Waals surface area contributed by atoms with Crippen LogP contribution >= 0.6 is 11.8 Å². The molecule has 3 aromatic carbocycles. The van der Waals surface area contributed by atoms with Gasteiger partial charge in [-0.25, -0.2) is 0 Å². The van der Waals surface area contributed by atoms with Crippen molar-refractivity contribution in [3.05, 3.63) is 95.6 Å². The summed E-state index contributed by atoms with van der Waals surface area (Å²) >= 11 is 1.51. The number of thioether (sulfide) groups is 1. The molecule has 0 spiro atoms. The van der Waals surface area contributed by atoms with Gasteiger partial charge in [-0.05, 0) is 72.9 Å². The fourth-order valence-electron chi connectivity index (χ4n) is 4.80. The Morgan fingerprint density at radius 1 is 0.867 bits per heavy atom. The van der Waals surface area contributed by atoms with Crippen molar-refractivity contribution in [2.24, 2.45) is 5.73 Å². The van der Waals surface area contributed by atoms with Crippen LogP contribution < -0.4 is 26.6 Å². The van der Waals surface area contributed by atoms with E-state index in [2.05, 4.69) is 16.0 Å². The molecule has 0 aliphatic carbocycles. The van der Waals surface area contributed by atoms with Crippen molar-refractivity contribution in [3.63, 3.8) is 0 Å². The molecule has 0 saturated heterocycles. The fraction of sp³-hybridized carbons (Fsp3) is 0.333. The van der Waals surface area contributed by atoms with Crippen LogP contribution in [0.15, 0.2) is 78.9 Å². The SMILES string of the molecule is CN[C@@H](Cc1ccc(O)cc1)C(=O)N[C@H](CCSC)C(=O)NCC(=O)N(c1cccc(CO)c1)[C@@H](Cc1ccccc1)C(N)=O. The van der Waals surface area contributed by atoms with E-state index in [1.54, 1.807) is 43.4 Å². The van der Waals surface area contributed by atoms with Gasteiger partial charge in [-0.1, -0.05) is 54.6 Å². The smallest absolute Gasteiger partial charge is 0.247 e. The summed E-state index contributed by atoms with van der Waals surface area (Å²) in [5.74, 6) is -1.56. The summed E-state index contributed by atoms with van der Waals surface area (Å²) in [6.07, 6.45) is 2.67. The number of phenolic OH excluding ortho intramolecular Hbond substituents is 1. The van der Waals surface area contributed by atoms with Crippen molar-refractivity contribution in [3.8, 4) is 5.75 Å². The lowest BCUT2D eigenvalue weighted by atomic mass is 10.0. The highest BCUT2D eigenvalue weighted by molar-refractivity contribution is 7.98. The minimum atomic E-state index is -1.07. The molecule has 0 fully saturated rings. The van der Waals surface area contributed by atoms with Crippen LogP contribution in [0.25, 0.3) is 0 Å². The highest BCUT2D eigenvalue weighted by atomic mass is 32.2. The molecule has 0 aliphatic rings. The molecule has 0 heterocycles. The number of likely N-dealkylation sites (N-methyl/N-ethyl adjacent to an activating group) is 1. The van der Waals surface area contributed by atoms with Gasteiger partial charge in [0, 0.05) is 12.1 Å². The van der Waals surface area contributed by atoms with Crippen molar-refractivity contribution >= 4 is 41.1 Å². The number of phenols is 1. The third-order valence-corrected chi connectivity index (χ3v) is 7.89. The summed E-state index contributed by atoms with van der Waals surface area (Å²) in [5.41, 5.74) is 8.30. The molecule has 0 aromatic heterocycles. The first-order valence-electron chi connectivity index (χ1n) is 14.5. The molecule has 45 heavy (non-hydrogen) atoms. The monoisotopic (exact) mass is 635 g/mol. The zero-order chi connectivity index (χ0) is 32.8. The standard InChI is InChI=1S/C33H41N5O6S/c1-35-28(18-23-11-13-26(40)14-12-23)33(44)37-27(15-16-45-2)32(43)36-20-30(41)38(25-10-6-9-24(17-25)21-39)29(31(34)42)19-22-7-4-3-5-8-22/h3-14,17,27-29,35,39-40H,15-16,18-21H2,1-2H3,(H2,34,42)(H,36,43)(H,37,44)/t27-,28+,29+/m1/s1. The number of hydrogen-bond acceptors (Lipinski definition) is 8. The number of nitrogens with two attached hydrogens (primary N) is 1. The Hall–Kier alpha value is -4.39. The summed E-state index contributed by atoms with van der Waals surface area (Å²) in [5, 5.41) is 27.7. The Labute approximate surface area is 267 Å². The lowest BCUT2D eigenvalue weighted by Gasteiger charge is -2.31. The van der Waals surface area contributed by atoms with Crippen LogP contribution in [0.2, 0.25) is 0 Å². The van der Waals surface area contributed by atoms with Crippen LogP contribution in [0.4, 0.5) is 5.69 Å². The number of hydrogen-bond donors (Lipinski definition) is 6. The number of aliphatic hydroxyl groups is 1. The summed E-state index contributed by atoms with van der Waals surface area (Å²) in [6, 6.07) is 19.6. The van der Waals surface area contributed by atoms with Crippen LogP contribution in [-0.2, 0) is 38.6 Å². The molecule has 0 bridgehead atoms. The molecule has 3 atom stereocenters. The topological polar surface area (TPSA) is 174 Å². The molecule has 0 saturated carbocycles. The van der Waals surface area contributed by atoms with Gasteiger partial charge in [0.15, 0.2) is 0 Å². The second-order valence-electron chi connectivity index (χ2n) is 10.5. The maximum atomic E-state index is 13.7. The molecule has 240 valence electrons. The lowest BCUT2D eigenvalue weighted by Crippen LogP contribution is -2.56. The summed E-state index contributed by atoms with van der Waals surface area (Å²) in [6.45, 7) is -0.737. The number of anilines is 1. The second kappa shape index (κ2) is 17.8. The molecule has 12 heteroatoms. The van der Waals surface area contributed by atoms with Gasteiger partial charge in [-0.15, -0.1) is 0 Å². The number of nitrogens with zero attached hydrogens (tertiary/aromatic N) is 1. The Balaban J connectivity index is 1.78. The Bertz CT molecular complexity index is 1420. The van der Waals surface area contributed by atoms with Crippen LogP contribution in [0.3, 0.4) is 0 Å². The van der Waals surface area contributed by atoms with Crippen LogP contribution in [0.1, 0.15) is 23.1 Å². The third kappa shape index (κ3) is 10.6. The van der Waals surface area contributed by atoms with E-state index in [-0.39, 0.29) is 18.8 Å². The van der Waals surface area contributed by atoms with Crippen molar-refractivity contribution in [2.45, 2.75) is 44.0 Å². The predicted octanol–water partition coefficient (Wildman–Crippen LogP) is 1.50. The first kappa shape index (κ1) is 35.1. The molecule has 4 amide bonds. The molecule has 3 rings (SSSR count). The summed E-state index contributed by atoms with van der Waals surface area (Å²) in [7, 11) is 1.64. The normalized spacial score (nSPS) is 12.9. The van der Waals surface area contributed by atoms with Gasteiger partial charge < -0.3 is 31.9 Å². The number of aliphatic hydroxyl groups excluding tert-OH is 1. The summed E-state index contributed by atoms with van der Waals surface area (Å²) in [4.78, 5) is 54.3. The van der Waals surface area contributed by atoms with Crippen molar-refractivity contribution < 1.29 is 29.4 Å². The molecule has 7 N–H and O–H groups in total. The van der Waals surface area contributed by atoms with Gasteiger partial charge in [0.05, 0.1) is 19.2 Å². The number of aromatic hydroxyl groups is 1. The van der Waals surface area contributed by atoms with E-state index < -0.39 is 48.3 Å². The lowest BCUT2D eigenvalue weighted by molar-refractivity contribution is -0.131. The van der Waals surface area contributed by atoms with E-state index >= 15 is 0 Å². The zero-order valence-electron chi connectivity index (χ0n) is 25.4. The average Bonchev–Trinajstić information content (AvgIpc) is 3.05. The van der Waals surface area contributed by atoms with Gasteiger partial charge in [0.2, 0.25) is 23.6 Å². The van der Waals surface area contributed by atoms with E-state index in [1.165, 1.54) is 28.8 Å². The molecular weight excluding hydrogens is 594 g/mol. The maximum absolute atomic E-state index is 13.7. The van der Waals surface area contributed by atoms with Crippen LogP contribution in [-0.4, -0.2) is 77.6 Å². The molecule has 0 radical (unpaired) electrons. The number of primary amides is 1. The van der Waals surface area contributed by atoms with Gasteiger partial charge in [-0.3, -0.25) is 24.1 Å². The van der Waals surface area contributed by atoms with Gasteiger partial charge >= 0.3 is 0 Å². The minimum absolute atomic E-state index is 0.120. The second-order valence-corrected chi connectivity index (χ2v) is 11.5. The Morgan fingerprint density at radius 3 is 2.16 bits per heavy atom. The maximum Gasteiger partial charge on any atom is 0.247 e. The third-order valence-electron chi connectivity index (χ3n) is 7.25. The Morgan fingerprint density at radius 2 is 1.53 bits per heavy atom. The van der Waals surface area contributed by atoms with E-state index in [9.17, 15) is 29.4 Å². The largest absolute Gasteiger partial charge is 0.508 e. The van der Waals surface area contributed by atoms with Crippen molar-refractivity contribution in [1.29, 1.82) is 0 Å². The quantitative estimate of drug-likeness (QED) is 0.129. The van der Waals surface area contributed by atoms with E-state index in [0.29, 0.717) is 29.8 Å². The van der Waals surface area contributed by atoms with Gasteiger partial charge in [-0.2, -0.15) is 11.8 Å². The molecule has 11 nitrogen and oxygen atoms in total. The number of carbonyl (C=O) groups excluding carboxylic acids is 4. The molecule has 0 aliphatic heterocycles. The van der Waals surface area contributed by atoms with Gasteiger partial charge in [0.25, 0.3) is 0 Å². The van der Waals surface area contributed by atoms with Crippen LogP contribution in [0.5, 0.6) is 5.75 Å². The molecule has 3 aromatic rings. The number of carbonyl (C=O) groups is 4. The van der Waals surface area contributed by atoms with E-state index in [4.69, 9.17) is 5.73 Å². The van der Waals surface area contributed by atoms with Gasteiger partial charge in [0.1, 0.15) is 17.8 Å². The van der Waals surface area contributed by atoms with E-state index in [0.717, 1.165) is 11.1 Å². The fourth-order valence-corrected chi connectivity index (χ4v) is 5.27. The minimum Gasteiger partial charge on any atom is -0.508 e. The zero-order valence-corrected chi connectivity index (χ0v) is 26.3. The highest BCUT2D eigenvalue weighted by Gasteiger charge is 2.31. The molecular formula is C33H41N5O6S. The Kier molecular flexibility index (Phi) is 13.9.